The molecule has 0 radical (unpaired) electrons. The van der Waals surface area contributed by atoms with Crippen LogP contribution in [0.3, 0.4) is 0 Å². The van der Waals surface area contributed by atoms with Gasteiger partial charge in [-0.3, -0.25) is 13.9 Å². The fraction of sp³-hybridized carbons (Fsp3) is 0.474. The van der Waals surface area contributed by atoms with Gasteiger partial charge in [0, 0.05) is 17.6 Å². The highest BCUT2D eigenvalue weighted by atomic mass is 35.5. The van der Waals surface area contributed by atoms with Crippen LogP contribution in [-0.4, -0.2) is 14.2 Å². The number of aromatic hydroxyl groups is 1. The summed E-state index contributed by atoms with van der Waals surface area (Å²) < 4.78 is 2.61. The van der Waals surface area contributed by atoms with Crippen molar-refractivity contribution in [3.63, 3.8) is 0 Å². The Morgan fingerprint density at radius 1 is 1.24 bits per heavy atom. The summed E-state index contributed by atoms with van der Waals surface area (Å²) in [5.41, 5.74) is 0.0485. The summed E-state index contributed by atoms with van der Waals surface area (Å²) in [6.45, 7) is 4.47. The molecule has 1 aromatic heterocycles. The van der Waals surface area contributed by atoms with E-state index in [4.69, 9.17) is 11.6 Å². The molecule has 6 heteroatoms. The average Bonchev–Trinajstić information content (AvgIpc) is 2.88. The molecule has 0 spiro atoms. The van der Waals surface area contributed by atoms with Crippen molar-refractivity contribution in [3.05, 3.63) is 61.8 Å². The van der Waals surface area contributed by atoms with Gasteiger partial charge in [0.05, 0.1) is 6.07 Å². The summed E-state index contributed by atoms with van der Waals surface area (Å²) in [6.07, 6.45) is 3.35. The molecule has 1 atom stereocenters. The molecule has 2 aromatic rings. The van der Waals surface area contributed by atoms with Crippen LogP contribution in [0, 0.1) is 5.41 Å². The standard InChI is InChI=1S/C19H23ClN2O3/c1-19(2)10-3-4-15(19)22-17(24)12-16(23)21(18(22)25)11-9-13-5-7-14(20)8-6-13/h5-8,12,15,23H,3-4,9-11H2,1-2H3/t15-/m1/s1. The zero-order chi connectivity index (χ0) is 18.2. The summed E-state index contributed by atoms with van der Waals surface area (Å²) in [4.78, 5) is 25.3. The first-order valence-electron chi connectivity index (χ1n) is 8.59. The van der Waals surface area contributed by atoms with Gasteiger partial charge in [-0.2, -0.15) is 0 Å². The number of hydrogen-bond donors (Lipinski definition) is 1. The van der Waals surface area contributed by atoms with Crippen LogP contribution in [0.1, 0.15) is 44.7 Å². The Labute approximate surface area is 151 Å². The van der Waals surface area contributed by atoms with Gasteiger partial charge < -0.3 is 5.11 Å². The summed E-state index contributed by atoms with van der Waals surface area (Å²) in [6, 6.07) is 8.39. The number of hydrogen-bond acceptors (Lipinski definition) is 3. The first-order chi connectivity index (χ1) is 11.8. The van der Waals surface area contributed by atoms with E-state index in [0.717, 1.165) is 30.9 Å². The molecule has 0 saturated heterocycles. The lowest BCUT2D eigenvalue weighted by Gasteiger charge is -2.28. The minimum absolute atomic E-state index is 0.103. The van der Waals surface area contributed by atoms with Gasteiger partial charge in [0.1, 0.15) is 0 Å². The Balaban J connectivity index is 1.95. The van der Waals surface area contributed by atoms with Crippen molar-refractivity contribution in [2.45, 2.75) is 52.1 Å². The van der Waals surface area contributed by atoms with Crippen molar-refractivity contribution >= 4 is 11.6 Å². The highest BCUT2D eigenvalue weighted by Gasteiger charge is 2.37. The fourth-order valence-corrected chi connectivity index (χ4v) is 3.88. The van der Waals surface area contributed by atoms with Gasteiger partial charge >= 0.3 is 5.69 Å². The second-order valence-corrected chi connectivity index (χ2v) is 7.85. The summed E-state index contributed by atoms with van der Waals surface area (Å²) in [5, 5.41) is 10.8. The van der Waals surface area contributed by atoms with Crippen molar-refractivity contribution in [1.29, 1.82) is 0 Å². The smallest absolute Gasteiger partial charge is 0.334 e. The Morgan fingerprint density at radius 3 is 2.52 bits per heavy atom. The molecule has 0 aliphatic heterocycles. The van der Waals surface area contributed by atoms with E-state index >= 15 is 0 Å². The molecule has 1 heterocycles. The van der Waals surface area contributed by atoms with E-state index < -0.39 is 11.2 Å². The van der Waals surface area contributed by atoms with E-state index in [-0.39, 0.29) is 17.3 Å². The third-order valence-corrected chi connectivity index (χ3v) is 5.51. The Morgan fingerprint density at radius 2 is 1.92 bits per heavy atom. The van der Waals surface area contributed by atoms with Crippen molar-refractivity contribution in [2.24, 2.45) is 5.41 Å². The van der Waals surface area contributed by atoms with Crippen LogP contribution >= 0.6 is 11.6 Å². The maximum absolute atomic E-state index is 12.9. The number of aromatic nitrogens is 2. The van der Waals surface area contributed by atoms with Crippen LogP contribution in [0.5, 0.6) is 5.88 Å². The predicted molar refractivity (Wildman–Crippen MR) is 98.5 cm³/mol. The molecule has 25 heavy (non-hydrogen) atoms. The normalized spacial score (nSPS) is 19.2. The van der Waals surface area contributed by atoms with Gasteiger partial charge in [-0.25, -0.2) is 4.79 Å². The number of benzene rings is 1. The fourth-order valence-electron chi connectivity index (χ4n) is 3.76. The lowest BCUT2D eigenvalue weighted by Crippen LogP contribution is -2.44. The maximum Gasteiger partial charge on any atom is 0.334 e. The van der Waals surface area contributed by atoms with Gasteiger partial charge in [0.15, 0.2) is 0 Å². The SMILES string of the molecule is CC1(C)CCC[C@H]1n1c(=O)cc(O)n(CCc2ccc(Cl)cc2)c1=O. The largest absolute Gasteiger partial charge is 0.494 e. The molecule has 134 valence electrons. The van der Waals surface area contributed by atoms with Gasteiger partial charge in [0.25, 0.3) is 5.56 Å². The highest BCUT2D eigenvalue weighted by Crippen LogP contribution is 2.44. The number of aryl methyl sites for hydroxylation is 1. The second kappa shape index (κ2) is 6.71. The number of rotatable bonds is 4. The zero-order valence-electron chi connectivity index (χ0n) is 14.5. The molecule has 1 fully saturated rings. The van der Waals surface area contributed by atoms with Crippen LogP contribution in [0.25, 0.3) is 0 Å². The number of nitrogens with zero attached hydrogens (tertiary/aromatic N) is 2. The van der Waals surface area contributed by atoms with Gasteiger partial charge in [-0.1, -0.05) is 44.0 Å². The molecule has 1 aliphatic rings. The third kappa shape index (κ3) is 3.52. The molecule has 1 saturated carbocycles. The topological polar surface area (TPSA) is 64.2 Å². The summed E-state index contributed by atoms with van der Waals surface area (Å²) >= 11 is 5.88. The molecular weight excluding hydrogens is 340 g/mol. The molecule has 5 nitrogen and oxygen atoms in total. The zero-order valence-corrected chi connectivity index (χ0v) is 15.3. The molecule has 0 bridgehead atoms. The van der Waals surface area contributed by atoms with Crippen LogP contribution < -0.4 is 11.2 Å². The Kier molecular flexibility index (Phi) is 4.78. The Hall–Kier alpha value is -2.01. The maximum atomic E-state index is 12.9. The Bertz CT molecular complexity index is 881. The minimum Gasteiger partial charge on any atom is -0.494 e. The average molecular weight is 363 g/mol. The molecular formula is C19H23ClN2O3. The number of halogens is 1. The lowest BCUT2D eigenvalue weighted by molar-refractivity contribution is 0.241. The molecule has 0 amide bonds. The predicted octanol–water partition coefficient (Wildman–Crippen LogP) is 3.36. The van der Waals surface area contributed by atoms with Crippen LogP contribution in [-0.2, 0) is 13.0 Å². The summed E-state index contributed by atoms with van der Waals surface area (Å²) in [7, 11) is 0. The van der Waals surface area contributed by atoms with E-state index in [0.29, 0.717) is 18.0 Å². The third-order valence-electron chi connectivity index (χ3n) is 5.25. The van der Waals surface area contributed by atoms with E-state index in [1.165, 1.54) is 9.13 Å². The minimum atomic E-state index is -0.432. The van der Waals surface area contributed by atoms with E-state index in [1.54, 1.807) is 12.1 Å². The van der Waals surface area contributed by atoms with Crippen LogP contribution in [0.15, 0.2) is 39.9 Å². The molecule has 3 rings (SSSR count). The molecule has 0 unspecified atom stereocenters. The van der Waals surface area contributed by atoms with Crippen molar-refractivity contribution in [3.8, 4) is 5.88 Å². The van der Waals surface area contributed by atoms with Gasteiger partial charge in [0.2, 0.25) is 5.88 Å². The van der Waals surface area contributed by atoms with E-state index in [2.05, 4.69) is 13.8 Å². The highest BCUT2D eigenvalue weighted by molar-refractivity contribution is 6.30. The second-order valence-electron chi connectivity index (χ2n) is 7.42. The van der Waals surface area contributed by atoms with Gasteiger partial charge in [-0.15, -0.1) is 0 Å². The quantitative estimate of drug-likeness (QED) is 0.907. The van der Waals surface area contributed by atoms with E-state index in [1.807, 2.05) is 12.1 Å². The lowest BCUT2D eigenvalue weighted by atomic mass is 9.87. The van der Waals surface area contributed by atoms with Crippen molar-refractivity contribution in [1.82, 2.24) is 9.13 Å². The van der Waals surface area contributed by atoms with Gasteiger partial charge in [-0.05, 0) is 42.4 Å². The molecule has 1 aromatic carbocycles. The molecule has 1 aliphatic carbocycles. The van der Waals surface area contributed by atoms with Crippen LogP contribution in [0.2, 0.25) is 5.02 Å². The first kappa shape index (κ1) is 17.8. The summed E-state index contributed by atoms with van der Waals surface area (Å²) in [5.74, 6) is -0.281. The van der Waals surface area contributed by atoms with E-state index in [9.17, 15) is 14.7 Å². The van der Waals surface area contributed by atoms with Crippen LogP contribution in [0.4, 0.5) is 0 Å². The monoisotopic (exact) mass is 362 g/mol. The van der Waals surface area contributed by atoms with Crippen molar-refractivity contribution < 1.29 is 5.11 Å². The van der Waals surface area contributed by atoms with Crippen molar-refractivity contribution in [2.75, 3.05) is 0 Å². The molecule has 1 N–H and O–H groups in total. The first-order valence-corrected chi connectivity index (χ1v) is 8.97.